The van der Waals surface area contributed by atoms with Gasteiger partial charge in [0.1, 0.15) is 23.0 Å². The second kappa shape index (κ2) is 17.6. The number of benzene rings is 4. The van der Waals surface area contributed by atoms with Crippen LogP contribution in [0, 0.1) is 34.6 Å². The molecule has 4 aromatic carbocycles. The molecule has 0 spiro atoms. The molecule has 51 heavy (non-hydrogen) atoms. The van der Waals surface area contributed by atoms with Gasteiger partial charge in [0.2, 0.25) is 0 Å². The molecule has 8 nitrogen and oxygen atoms in total. The van der Waals surface area contributed by atoms with Gasteiger partial charge in [0.15, 0.2) is 17.3 Å². The summed E-state index contributed by atoms with van der Waals surface area (Å²) in [5, 5.41) is 0. The lowest BCUT2D eigenvalue weighted by molar-refractivity contribution is -0.132. The van der Waals surface area contributed by atoms with Crippen LogP contribution >= 0.6 is 0 Å². The van der Waals surface area contributed by atoms with Crippen molar-refractivity contribution in [2.75, 3.05) is 28.4 Å². The van der Waals surface area contributed by atoms with E-state index in [2.05, 4.69) is 0 Å². The summed E-state index contributed by atoms with van der Waals surface area (Å²) in [5.41, 5.74) is 8.35. The summed E-state index contributed by atoms with van der Waals surface area (Å²) in [6.45, 7) is 9.92. The van der Waals surface area contributed by atoms with Crippen molar-refractivity contribution in [3.63, 3.8) is 0 Å². The molecule has 264 valence electrons. The zero-order valence-corrected chi connectivity index (χ0v) is 30.6. The van der Waals surface area contributed by atoms with Gasteiger partial charge in [0, 0.05) is 22.8 Å². The predicted molar refractivity (Wildman–Crippen MR) is 199 cm³/mol. The van der Waals surface area contributed by atoms with Gasteiger partial charge in [-0.25, -0.2) is 4.79 Å². The molecular weight excluding hydrogens is 644 g/mol. The fraction of sp³-hybridized carbons (Fsp3) is 0.209. The largest absolute Gasteiger partial charge is 0.496 e. The van der Waals surface area contributed by atoms with E-state index < -0.39 is 0 Å². The van der Waals surface area contributed by atoms with E-state index in [0.29, 0.717) is 28.4 Å². The van der Waals surface area contributed by atoms with Crippen LogP contribution in [0.25, 0.3) is 5.57 Å². The third-order valence-electron chi connectivity index (χ3n) is 8.27. The minimum absolute atomic E-state index is 0.0194. The van der Waals surface area contributed by atoms with Gasteiger partial charge in [-0.1, -0.05) is 24.3 Å². The number of rotatable bonds is 8. The van der Waals surface area contributed by atoms with Crippen molar-refractivity contribution in [1.82, 2.24) is 0 Å². The fourth-order valence-corrected chi connectivity index (χ4v) is 5.36. The van der Waals surface area contributed by atoms with E-state index in [1.807, 2.05) is 101 Å². The summed E-state index contributed by atoms with van der Waals surface area (Å²) in [4.78, 5) is 24.1. The Bertz CT molecular complexity index is 2000. The van der Waals surface area contributed by atoms with Crippen LogP contribution in [0.3, 0.4) is 0 Å². The number of hydrogen-bond acceptors (Lipinski definition) is 8. The molecule has 0 saturated carbocycles. The molecule has 1 aromatic heterocycles. The highest BCUT2D eigenvalue weighted by Crippen LogP contribution is 2.35. The normalized spacial score (nSPS) is 11.4. The quantitative estimate of drug-likeness (QED) is 0.118. The van der Waals surface area contributed by atoms with E-state index in [4.69, 9.17) is 28.1 Å². The number of furan rings is 1. The Morgan fingerprint density at radius 1 is 0.529 bits per heavy atom. The second-order valence-electron chi connectivity index (χ2n) is 11.8. The Morgan fingerprint density at radius 2 is 1.04 bits per heavy atom. The number of allylic oxidation sites excluding steroid dienone is 1. The number of methoxy groups -OCH3 is 4. The maximum atomic E-state index is 12.5. The lowest BCUT2D eigenvalue weighted by Gasteiger charge is -2.15. The molecule has 8 heteroatoms. The van der Waals surface area contributed by atoms with Gasteiger partial charge in [0.05, 0.1) is 34.7 Å². The molecule has 0 bridgehead atoms. The molecule has 0 aliphatic carbocycles. The van der Waals surface area contributed by atoms with E-state index in [9.17, 15) is 9.59 Å². The minimum atomic E-state index is -0.358. The van der Waals surface area contributed by atoms with Crippen LogP contribution in [0.4, 0.5) is 0 Å². The smallest absolute Gasteiger partial charge is 0.336 e. The van der Waals surface area contributed by atoms with Gasteiger partial charge < -0.3 is 28.1 Å². The SMILES string of the molecule is COc1ccc(C(=C2C=CC(=O)O2)c2ccc(OC)c(C)c2)cc1C.COc1ccc(C(=O)c2ccc(C)c(C)c2)cc1OC.Cc1ccco1. The number of carbonyl (C=O) groups excluding carboxylic acids is 2. The summed E-state index contributed by atoms with van der Waals surface area (Å²) in [6.07, 6.45) is 4.80. The van der Waals surface area contributed by atoms with E-state index in [-0.39, 0.29) is 11.8 Å². The van der Waals surface area contributed by atoms with Crippen LogP contribution in [-0.4, -0.2) is 40.2 Å². The first kappa shape index (κ1) is 37.8. The maximum absolute atomic E-state index is 12.5. The van der Waals surface area contributed by atoms with Crippen LogP contribution in [-0.2, 0) is 9.53 Å². The molecule has 1 aliphatic heterocycles. The highest BCUT2D eigenvalue weighted by Gasteiger charge is 2.20. The van der Waals surface area contributed by atoms with Crippen molar-refractivity contribution in [3.05, 3.63) is 159 Å². The summed E-state index contributed by atoms with van der Waals surface area (Å²) in [7, 11) is 6.43. The highest BCUT2D eigenvalue weighted by molar-refractivity contribution is 6.09. The first-order valence-electron chi connectivity index (χ1n) is 16.3. The Balaban J connectivity index is 0.000000200. The second-order valence-corrected chi connectivity index (χ2v) is 11.8. The summed E-state index contributed by atoms with van der Waals surface area (Å²) < 4.78 is 31.3. The average Bonchev–Trinajstić information content (AvgIpc) is 3.80. The highest BCUT2D eigenvalue weighted by atomic mass is 16.5. The molecule has 2 heterocycles. The van der Waals surface area contributed by atoms with Crippen molar-refractivity contribution in [2.45, 2.75) is 34.6 Å². The van der Waals surface area contributed by atoms with Crippen LogP contribution in [0.15, 0.2) is 114 Å². The molecule has 5 aromatic rings. The average molecular weight is 689 g/mol. The van der Waals surface area contributed by atoms with Crippen molar-refractivity contribution in [2.24, 2.45) is 0 Å². The number of cyclic esters (lactones) is 1. The van der Waals surface area contributed by atoms with E-state index in [0.717, 1.165) is 50.6 Å². The molecule has 6 rings (SSSR count). The van der Waals surface area contributed by atoms with Gasteiger partial charge >= 0.3 is 5.97 Å². The minimum Gasteiger partial charge on any atom is -0.496 e. The van der Waals surface area contributed by atoms with Crippen molar-refractivity contribution >= 4 is 17.3 Å². The standard InChI is InChI=1S/C21H20O4.C17H18O3.C5H6O/c1-13-11-15(5-7-17(13)23-3)21(19-9-10-20(22)25-19)16-6-8-18(24-4)14(2)12-16;1-11-5-6-13(9-12(11)2)17(18)14-7-8-15(19-3)16(10-14)20-4;1-5-3-2-4-6-5/h5-12H,1-4H3;5-10H,1-4H3;2-4H,1H3. The Kier molecular flexibility index (Phi) is 13.0. The van der Waals surface area contributed by atoms with Crippen molar-refractivity contribution < 1.29 is 37.7 Å². The molecule has 0 N–H and O–H groups in total. The Labute approximate surface area is 299 Å². The van der Waals surface area contributed by atoms with Crippen molar-refractivity contribution in [1.29, 1.82) is 0 Å². The maximum Gasteiger partial charge on any atom is 0.336 e. The molecule has 0 amide bonds. The molecule has 0 fully saturated rings. The number of ether oxygens (including phenoxy) is 5. The van der Waals surface area contributed by atoms with Crippen molar-refractivity contribution in [3.8, 4) is 23.0 Å². The summed E-state index contributed by atoms with van der Waals surface area (Å²) in [5.74, 6) is 3.94. The van der Waals surface area contributed by atoms with Gasteiger partial charge in [-0.15, -0.1) is 0 Å². The predicted octanol–water partition coefficient (Wildman–Crippen LogP) is 9.33. The van der Waals surface area contributed by atoms with Crippen LogP contribution in [0.1, 0.15) is 55.1 Å². The van der Waals surface area contributed by atoms with Crippen LogP contribution in [0.5, 0.6) is 23.0 Å². The first-order valence-corrected chi connectivity index (χ1v) is 16.3. The van der Waals surface area contributed by atoms with Crippen LogP contribution < -0.4 is 18.9 Å². The number of ketones is 1. The fourth-order valence-electron chi connectivity index (χ4n) is 5.36. The number of carbonyl (C=O) groups is 2. The zero-order valence-electron chi connectivity index (χ0n) is 30.6. The molecule has 0 saturated heterocycles. The number of esters is 1. The Morgan fingerprint density at radius 3 is 1.47 bits per heavy atom. The first-order chi connectivity index (χ1) is 24.5. The summed E-state index contributed by atoms with van der Waals surface area (Å²) >= 11 is 0. The molecular formula is C43H44O8. The lowest BCUT2D eigenvalue weighted by Crippen LogP contribution is -2.03. The Hall–Kier alpha value is -6.02. The lowest BCUT2D eigenvalue weighted by atomic mass is 9.94. The zero-order chi connectivity index (χ0) is 37.1. The topological polar surface area (TPSA) is 93.4 Å². The van der Waals surface area contributed by atoms with E-state index in [1.54, 1.807) is 59.0 Å². The monoisotopic (exact) mass is 688 g/mol. The number of aryl methyl sites for hydroxylation is 5. The third-order valence-corrected chi connectivity index (χ3v) is 8.27. The van der Waals surface area contributed by atoms with Crippen LogP contribution in [0.2, 0.25) is 0 Å². The number of hydrogen-bond donors (Lipinski definition) is 0. The van der Waals surface area contributed by atoms with Gasteiger partial charge in [-0.2, -0.15) is 0 Å². The molecule has 0 unspecified atom stereocenters. The van der Waals surface area contributed by atoms with Gasteiger partial charge in [-0.3, -0.25) is 4.79 Å². The van der Waals surface area contributed by atoms with E-state index in [1.165, 1.54) is 11.6 Å². The third kappa shape index (κ3) is 9.57. The van der Waals surface area contributed by atoms with Gasteiger partial charge in [-0.05, 0) is 135 Å². The summed E-state index contributed by atoms with van der Waals surface area (Å²) in [6, 6.07) is 26.5. The van der Waals surface area contributed by atoms with E-state index >= 15 is 0 Å². The molecule has 0 radical (unpaired) electrons. The van der Waals surface area contributed by atoms with Gasteiger partial charge in [0.25, 0.3) is 0 Å². The molecule has 1 aliphatic rings. The molecule has 0 atom stereocenters.